The number of amides is 2. The Labute approximate surface area is 116 Å². The molecule has 0 aromatic carbocycles. The molecule has 1 rings (SSSR count). The Bertz CT molecular complexity index is 507. The quantitative estimate of drug-likeness (QED) is 0.675. The van der Waals surface area contributed by atoms with Crippen molar-refractivity contribution in [2.24, 2.45) is 0 Å². The zero-order valence-electron chi connectivity index (χ0n) is 10.9. The number of aromatic nitrogens is 1. The number of carbonyl (C=O) groups excluding carboxylic acids is 1. The molecule has 1 atom stereocenters. The van der Waals surface area contributed by atoms with E-state index < -0.39 is 18.0 Å². The fourth-order valence-electron chi connectivity index (χ4n) is 1.33. The molecule has 106 valence electrons. The molecule has 0 aliphatic heterocycles. The van der Waals surface area contributed by atoms with Gasteiger partial charge in [0, 0.05) is 12.5 Å². The number of carboxylic acids is 1. The van der Waals surface area contributed by atoms with Crippen molar-refractivity contribution in [3.63, 3.8) is 0 Å². The van der Waals surface area contributed by atoms with Gasteiger partial charge in [-0.05, 0) is 13.0 Å². The number of nitrogens with zero attached hydrogens (tertiary/aromatic N) is 1. The van der Waals surface area contributed by atoms with Gasteiger partial charge in [-0.2, -0.15) is 0 Å². The van der Waals surface area contributed by atoms with Crippen LogP contribution >= 0.6 is 0 Å². The summed E-state index contributed by atoms with van der Waals surface area (Å²) in [7, 11) is 0. The van der Waals surface area contributed by atoms with Gasteiger partial charge in [0.2, 0.25) is 5.88 Å². The number of carboxylic acid groups (broad SMARTS) is 1. The Morgan fingerprint density at radius 3 is 2.80 bits per heavy atom. The Balaban J connectivity index is 2.57. The van der Waals surface area contributed by atoms with Gasteiger partial charge in [0.1, 0.15) is 6.04 Å². The second kappa shape index (κ2) is 7.63. The number of hydrogen-bond donors (Lipinski definition) is 3. The number of hydrogen-bond acceptors (Lipinski definition) is 4. The van der Waals surface area contributed by atoms with E-state index in [1.807, 2.05) is 6.92 Å². The van der Waals surface area contributed by atoms with E-state index in [0.717, 1.165) is 0 Å². The third-order valence-electron chi connectivity index (χ3n) is 2.21. The number of pyridine rings is 1. The third kappa shape index (κ3) is 4.86. The van der Waals surface area contributed by atoms with E-state index in [9.17, 15) is 9.59 Å². The second-order valence-electron chi connectivity index (χ2n) is 3.72. The summed E-state index contributed by atoms with van der Waals surface area (Å²) in [6, 6.07) is 1.39. The maximum absolute atomic E-state index is 11.6. The number of nitrogens with one attached hydrogen (secondary N) is 2. The van der Waals surface area contributed by atoms with Gasteiger partial charge in [-0.3, -0.25) is 0 Å². The van der Waals surface area contributed by atoms with E-state index in [1.54, 1.807) is 12.1 Å². The molecule has 7 heteroatoms. The van der Waals surface area contributed by atoms with Crippen LogP contribution in [-0.4, -0.2) is 34.7 Å². The fourth-order valence-corrected chi connectivity index (χ4v) is 1.33. The molecule has 0 saturated heterocycles. The lowest BCUT2D eigenvalue weighted by Crippen LogP contribution is -2.42. The maximum Gasteiger partial charge on any atom is 0.327 e. The van der Waals surface area contributed by atoms with Crippen molar-refractivity contribution < 1.29 is 19.4 Å². The molecule has 0 aliphatic rings. The first kappa shape index (κ1) is 15.3. The van der Waals surface area contributed by atoms with Crippen molar-refractivity contribution in [2.75, 3.05) is 11.9 Å². The van der Waals surface area contributed by atoms with Crippen LogP contribution in [0.3, 0.4) is 0 Å². The zero-order valence-corrected chi connectivity index (χ0v) is 10.9. The highest BCUT2D eigenvalue weighted by Gasteiger charge is 2.18. The zero-order chi connectivity index (χ0) is 15.0. The molecule has 7 nitrogen and oxygen atoms in total. The molecule has 0 bridgehead atoms. The van der Waals surface area contributed by atoms with Gasteiger partial charge in [0.05, 0.1) is 18.5 Å². The van der Waals surface area contributed by atoms with Crippen LogP contribution < -0.4 is 15.4 Å². The van der Waals surface area contributed by atoms with Crippen LogP contribution in [-0.2, 0) is 4.79 Å². The standard InChI is InChI=1S/C13H15N3O4/c1-3-5-10(12(17)18)16-13(19)15-9-6-7-11(14-8-9)20-4-2/h1,6-8,10H,4-5H2,2H3,(H,17,18)(H2,15,16,19). The van der Waals surface area contributed by atoms with Crippen LogP contribution in [0.4, 0.5) is 10.5 Å². The molecule has 1 aromatic rings. The molecule has 20 heavy (non-hydrogen) atoms. The van der Waals surface area contributed by atoms with Crippen molar-refractivity contribution in [3.8, 4) is 18.2 Å². The minimum atomic E-state index is -1.19. The molecule has 3 N–H and O–H groups in total. The highest BCUT2D eigenvalue weighted by Crippen LogP contribution is 2.11. The maximum atomic E-state index is 11.6. The first-order valence-corrected chi connectivity index (χ1v) is 5.89. The van der Waals surface area contributed by atoms with Crippen LogP contribution in [0.25, 0.3) is 0 Å². The minimum absolute atomic E-state index is 0.0930. The van der Waals surface area contributed by atoms with Crippen LogP contribution in [0.1, 0.15) is 13.3 Å². The predicted molar refractivity (Wildman–Crippen MR) is 72.4 cm³/mol. The summed E-state index contributed by atoms with van der Waals surface area (Å²) in [4.78, 5) is 26.4. The summed E-state index contributed by atoms with van der Waals surface area (Å²) in [5.74, 6) is 1.43. The van der Waals surface area contributed by atoms with E-state index in [2.05, 4.69) is 21.5 Å². The van der Waals surface area contributed by atoms with Gasteiger partial charge in [-0.1, -0.05) is 0 Å². The monoisotopic (exact) mass is 277 g/mol. The number of ether oxygens (including phenoxy) is 1. The number of terminal acetylenes is 1. The number of carbonyl (C=O) groups is 2. The number of rotatable bonds is 6. The molecule has 0 spiro atoms. The van der Waals surface area contributed by atoms with Crippen LogP contribution in [0.2, 0.25) is 0 Å². The number of urea groups is 1. The Morgan fingerprint density at radius 2 is 2.30 bits per heavy atom. The fraction of sp³-hybridized carbons (Fsp3) is 0.308. The average Bonchev–Trinajstić information content (AvgIpc) is 2.40. The molecular formula is C13H15N3O4. The summed E-state index contributed by atoms with van der Waals surface area (Å²) in [5, 5.41) is 13.6. The molecule has 1 aromatic heterocycles. The van der Waals surface area contributed by atoms with Crippen molar-refractivity contribution in [3.05, 3.63) is 18.3 Å². The Hall–Kier alpha value is -2.75. The van der Waals surface area contributed by atoms with Crippen molar-refractivity contribution in [1.82, 2.24) is 10.3 Å². The lowest BCUT2D eigenvalue weighted by atomic mass is 10.2. The van der Waals surface area contributed by atoms with Crippen LogP contribution in [0, 0.1) is 12.3 Å². The van der Waals surface area contributed by atoms with E-state index >= 15 is 0 Å². The molecule has 0 aliphatic carbocycles. The smallest absolute Gasteiger partial charge is 0.327 e. The molecule has 0 radical (unpaired) electrons. The van der Waals surface area contributed by atoms with Gasteiger partial charge in [0.15, 0.2) is 0 Å². The molecule has 1 unspecified atom stereocenters. The number of anilines is 1. The SMILES string of the molecule is C#CCC(NC(=O)Nc1ccc(OCC)nc1)C(=O)O. The molecule has 0 saturated carbocycles. The van der Waals surface area contributed by atoms with Crippen molar-refractivity contribution >= 4 is 17.7 Å². The first-order chi connectivity index (χ1) is 9.56. The highest BCUT2D eigenvalue weighted by atomic mass is 16.5. The predicted octanol–water partition coefficient (Wildman–Crippen LogP) is 1.08. The molecule has 0 fully saturated rings. The van der Waals surface area contributed by atoms with Gasteiger partial charge >= 0.3 is 12.0 Å². The van der Waals surface area contributed by atoms with E-state index in [-0.39, 0.29) is 6.42 Å². The van der Waals surface area contributed by atoms with Gasteiger partial charge in [-0.25, -0.2) is 14.6 Å². The van der Waals surface area contributed by atoms with Crippen molar-refractivity contribution in [1.29, 1.82) is 0 Å². The largest absolute Gasteiger partial charge is 0.480 e. The van der Waals surface area contributed by atoms with Gasteiger partial charge < -0.3 is 20.5 Å². The van der Waals surface area contributed by atoms with Crippen LogP contribution in [0.15, 0.2) is 18.3 Å². The Morgan fingerprint density at radius 1 is 1.55 bits per heavy atom. The van der Waals surface area contributed by atoms with Gasteiger partial charge in [-0.15, -0.1) is 12.3 Å². The molecule has 2 amide bonds. The first-order valence-electron chi connectivity index (χ1n) is 5.89. The summed E-state index contributed by atoms with van der Waals surface area (Å²) in [5.41, 5.74) is 0.413. The topological polar surface area (TPSA) is 101 Å². The van der Waals surface area contributed by atoms with E-state index in [4.69, 9.17) is 16.3 Å². The number of aliphatic carboxylic acids is 1. The third-order valence-corrected chi connectivity index (χ3v) is 2.21. The van der Waals surface area contributed by atoms with E-state index in [1.165, 1.54) is 6.20 Å². The minimum Gasteiger partial charge on any atom is -0.480 e. The van der Waals surface area contributed by atoms with Gasteiger partial charge in [0.25, 0.3) is 0 Å². The van der Waals surface area contributed by atoms with Crippen LogP contribution in [0.5, 0.6) is 5.88 Å². The normalized spacial score (nSPS) is 11.0. The Kier molecular flexibility index (Phi) is 5.84. The molecular weight excluding hydrogens is 262 g/mol. The second-order valence-corrected chi connectivity index (χ2v) is 3.72. The lowest BCUT2D eigenvalue weighted by molar-refractivity contribution is -0.139. The summed E-state index contributed by atoms with van der Waals surface area (Å²) < 4.78 is 5.15. The summed E-state index contributed by atoms with van der Waals surface area (Å²) >= 11 is 0. The summed E-state index contributed by atoms with van der Waals surface area (Å²) in [6.07, 6.45) is 6.34. The lowest BCUT2D eigenvalue weighted by Gasteiger charge is -2.12. The van der Waals surface area contributed by atoms with E-state index in [0.29, 0.717) is 18.2 Å². The van der Waals surface area contributed by atoms with Crippen molar-refractivity contribution in [2.45, 2.75) is 19.4 Å². The summed E-state index contributed by atoms with van der Waals surface area (Å²) in [6.45, 7) is 2.32. The average molecular weight is 277 g/mol. The molecule has 1 heterocycles. The highest BCUT2D eigenvalue weighted by molar-refractivity contribution is 5.92.